The van der Waals surface area contributed by atoms with Crippen LogP contribution in [0.1, 0.15) is 26.7 Å². The van der Waals surface area contributed by atoms with Crippen LogP contribution < -0.4 is 10.0 Å². The zero-order valence-corrected chi connectivity index (χ0v) is 14.6. The summed E-state index contributed by atoms with van der Waals surface area (Å²) in [6, 6.07) is 6.06. The minimum Gasteiger partial charge on any atom is -0.326 e. The van der Waals surface area contributed by atoms with Crippen molar-refractivity contribution in [3.05, 3.63) is 35.8 Å². The average Bonchev–Trinajstić information content (AvgIpc) is 3.00. The Labute approximate surface area is 140 Å². The average molecular weight is 353 g/mol. The van der Waals surface area contributed by atoms with E-state index in [0.717, 1.165) is 12.8 Å². The molecule has 1 aromatic heterocycles. The van der Waals surface area contributed by atoms with Crippen molar-refractivity contribution in [2.24, 2.45) is 5.92 Å². The number of amides is 1. The molecular weight excluding hydrogens is 334 g/mol. The van der Waals surface area contributed by atoms with Gasteiger partial charge in [-0.05, 0) is 30.7 Å². The number of anilines is 2. The van der Waals surface area contributed by atoms with Crippen LogP contribution in [0, 0.1) is 5.92 Å². The number of thiazole rings is 1. The van der Waals surface area contributed by atoms with Gasteiger partial charge in [0, 0.05) is 23.2 Å². The predicted octanol–water partition coefficient (Wildman–Crippen LogP) is 3.32. The first-order valence-electron chi connectivity index (χ1n) is 7.25. The van der Waals surface area contributed by atoms with Crippen LogP contribution in [-0.2, 0) is 14.8 Å². The largest absolute Gasteiger partial charge is 0.326 e. The molecule has 0 aliphatic rings. The van der Waals surface area contributed by atoms with Gasteiger partial charge in [-0.3, -0.25) is 9.52 Å². The minimum atomic E-state index is -3.67. The van der Waals surface area contributed by atoms with Crippen molar-refractivity contribution < 1.29 is 13.2 Å². The summed E-state index contributed by atoms with van der Waals surface area (Å²) in [5.41, 5.74) is 0.575. The molecule has 0 saturated heterocycles. The summed E-state index contributed by atoms with van der Waals surface area (Å²) >= 11 is 1.21. The Bertz CT molecular complexity index is 741. The minimum absolute atomic E-state index is 0.0663. The van der Waals surface area contributed by atoms with Gasteiger partial charge in [0.2, 0.25) is 5.91 Å². The van der Waals surface area contributed by atoms with Crippen molar-refractivity contribution in [1.29, 1.82) is 0 Å². The van der Waals surface area contributed by atoms with Crippen molar-refractivity contribution in [2.75, 3.05) is 10.0 Å². The van der Waals surface area contributed by atoms with Crippen molar-refractivity contribution in [1.82, 2.24) is 4.98 Å². The normalized spacial score (nSPS) is 12.6. The summed E-state index contributed by atoms with van der Waals surface area (Å²) < 4.78 is 26.8. The van der Waals surface area contributed by atoms with E-state index in [4.69, 9.17) is 0 Å². The number of nitrogens with one attached hydrogen (secondary N) is 2. The van der Waals surface area contributed by atoms with Crippen molar-refractivity contribution in [3.8, 4) is 0 Å². The SMILES string of the molecule is CCC[C@H](C)C(=O)Nc1ccc(S(=O)(=O)Nc2nccs2)cc1. The lowest BCUT2D eigenvalue weighted by Crippen LogP contribution is -2.20. The van der Waals surface area contributed by atoms with Gasteiger partial charge in [0.05, 0.1) is 4.90 Å². The fourth-order valence-corrected chi connectivity index (χ4v) is 3.78. The molecule has 1 atom stereocenters. The second-order valence-corrected chi connectivity index (χ2v) is 7.72. The number of carbonyl (C=O) groups is 1. The second kappa shape index (κ2) is 7.56. The monoisotopic (exact) mass is 353 g/mol. The molecular formula is C15H19N3O3S2. The van der Waals surface area contributed by atoms with E-state index < -0.39 is 10.0 Å². The van der Waals surface area contributed by atoms with Gasteiger partial charge in [0.15, 0.2) is 5.13 Å². The van der Waals surface area contributed by atoms with E-state index in [9.17, 15) is 13.2 Å². The number of nitrogens with zero attached hydrogens (tertiary/aromatic N) is 1. The maximum Gasteiger partial charge on any atom is 0.263 e. The van der Waals surface area contributed by atoms with Gasteiger partial charge in [-0.25, -0.2) is 13.4 Å². The smallest absolute Gasteiger partial charge is 0.263 e. The van der Waals surface area contributed by atoms with Gasteiger partial charge in [0.25, 0.3) is 10.0 Å². The molecule has 0 radical (unpaired) electrons. The maximum absolute atomic E-state index is 12.2. The molecule has 1 amide bonds. The highest BCUT2D eigenvalue weighted by Crippen LogP contribution is 2.20. The number of benzene rings is 1. The van der Waals surface area contributed by atoms with E-state index in [-0.39, 0.29) is 16.7 Å². The van der Waals surface area contributed by atoms with Crippen molar-refractivity contribution in [3.63, 3.8) is 0 Å². The quantitative estimate of drug-likeness (QED) is 0.799. The number of carbonyl (C=O) groups excluding carboxylic acids is 1. The molecule has 2 N–H and O–H groups in total. The highest BCUT2D eigenvalue weighted by molar-refractivity contribution is 7.93. The molecule has 0 aliphatic heterocycles. The number of sulfonamides is 1. The Morgan fingerprint density at radius 2 is 2.00 bits per heavy atom. The third-order valence-electron chi connectivity index (χ3n) is 3.26. The lowest BCUT2D eigenvalue weighted by Gasteiger charge is -2.11. The second-order valence-electron chi connectivity index (χ2n) is 5.15. The third kappa shape index (κ3) is 4.77. The van der Waals surface area contributed by atoms with Crippen molar-refractivity contribution >= 4 is 38.1 Å². The van der Waals surface area contributed by atoms with Gasteiger partial charge < -0.3 is 5.32 Å². The summed E-state index contributed by atoms with van der Waals surface area (Å²) in [5, 5.41) is 4.79. The molecule has 1 aromatic carbocycles. The lowest BCUT2D eigenvalue weighted by atomic mass is 10.1. The molecule has 0 saturated carbocycles. The maximum atomic E-state index is 12.2. The summed E-state index contributed by atoms with van der Waals surface area (Å²) in [5.74, 6) is -0.140. The molecule has 1 heterocycles. The Morgan fingerprint density at radius 1 is 1.30 bits per heavy atom. The van der Waals surface area contributed by atoms with Crippen LogP contribution in [0.25, 0.3) is 0 Å². The summed E-state index contributed by atoms with van der Waals surface area (Å²) in [7, 11) is -3.67. The molecule has 124 valence electrons. The van der Waals surface area contributed by atoms with Crippen LogP contribution in [-0.4, -0.2) is 19.3 Å². The highest BCUT2D eigenvalue weighted by Gasteiger charge is 2.16. The van der Waals surface area contributed by atoms with Crippen LogP contribution in [0.3, 0.4) is 0 Å². The van der Waals surface area contributed by atoms with Crippen LogP contribution in [0.2, 0.25) is 0 Å². The van der Waals surface area contributed by atoms with Crippen LogP contribution >= 0.6 is 11.3 Å². The third-order valence-corrected chi connectivity index (χ3v) is 5.43. The fourth-order valence-electron chi connectivity index (χ4n) is 1.99. The van der Waals surface area contributed by atoms with Crippen LogP contribution in [0.5, 0.6) is 0 Å². The van der Waals surface area contributed by atoms with E-state index in [2.05, 4.69) is 15.0 Å². The molecule has 2 rings (SSSR count). The topological polar surface area (TPSA) is 88.2 Å². The van der Waals surface area contributed by atoms with E-state index in [1.807, 2.05) is 13.8 Å². The Morgan fingerprint density at radius 3 is 2.57 bits per heavy atom. The summed E-state index contributed by atoms with van der Waals surface area (Å²) in [4.78, 5) is 16.0. The first-order chi connectivity index (χ1) is 10.9. The summed E-state index contributed by atoms with van der Waals surface area (Å²) in [6.45, 7) is 3.90. The molecule has 0 spiro atoms. The fraction of sp³-hybridized carbons (Fsp3) is 0.333. The van der Waals surface area contributed by atoms with Gasteiger partial charge in [-0.15, -0.1) is 11.3 Å². The molecule has 6 nitrogen and oxygen atoms in total. The van der Waals surface area contributed by atoms with Gasteiger partial charge in [-0.2, -0.15) is 0 Å². The van der Waals surface area contributed by atoms with Gasteiger partial charge in [0.1, 0.15) is 0 Å². The van der Waals surface area contributed by atoms with Gasteiger partial charge in [-0.1, -0.05) is 20.3 Å². The lowest BCUT2D eigenvalue weighted by molar-refractivity contribution is -0.119. The molecule has 8 heteroatoms. The Kier molecular flexibility index (Phi) is 5.73. The van der Waals surface area contributed by atoms with E-state index >= 15 is 0 Å². The molecule has 0 unspecified atom stereocenters. The van der Waals surface area contributed by atoms with E-state index in [1.165, 1.54) is 29.7 Å². The molecule has 23 heavy (non-hydrogen) atoms. The molecule has 0 bridgehead atoms. The van der Waals surface area contributed by atoms with Crippen LogP contribution in [0.15, 0.2) is 40.7 Å². The first-order valence-corrected chi connectivity index (χ1v) is 9.62. The zero-order valence-electron chi connectivity index (χ0n) is 12.9. The molecule has 2 aromatic rings. The first kappa shape index (κ1) is 17.4. The Balaban J connectivity index is 2.05. The van der Waals surface area contributed by atoms with Crippen molar-refractivity contribution in [2.45, 2.75) is 31.6 Å². The number of rotatable bonds is 7. The molecule has 0 aliphatic carbocycles. The van der Waals surface area contributed by atoms with E-state index in [0.29, 0.717) is 10.8 Å². The number of aromatic nitrogens is 1. The van der Waals surface area contributed by atoms with Crippen LogP contribution in [0.4, 0.5) is 10.8 Å². The standard InChI is InChI=1S/C15H19N3O3S2/c1-3-4-11(2)14(19)17-12-5-7-13(8-6-12)23(20,21)18-15-16-9-10-22-15/h5-11H,3-4H2,1-2H3,(H,16,18)(H,17,19)/t11-/m0/s1. The van der Waals surface area contributed by atoms with Gasteiger partial charge >= 0.3 is 0 Å². The van der Waals surface area contributed by atoms with E-state index in [1.54, 1.807) is 17.5 Å². The molecule has 0 fully saturated rings. The number of hydrogen-bond donors (Lipinski definition) is 2. The highest BCUT2D eigenvalue weighted by atomic mass is 32.2. The Hall–Kier alpha value is -1.93. The number of hydrogen-bond acceptors (Lipinski definition) is 5. The summed E-state index contributed by atoms with van der Waals surface area (Å²) in [6.07, 6.45) is 3.28. The zero-order chi connectivity index (χ0) is 16.9. The predicted molar refractivity (Wildman–Crippen MR) is 92.1 cm³/mol.